The Morgan fingerprint density at radius 1 is 1.16 bits per heavy atom. The van der Waals surface area contributed by atoms with Gasteiger partial charge in [0, 0.05) is 5.56 Å². The number of benzene rings is 2. The van der Waals surface area contributed by atoms with Crippen molar-refractivity contribution < 1.29 is 14.3 Å². The smallest absolute Gasteiger partial charge is 0.309 e. The molecule has 0 aliphatic carbocycles. The molecule has 0 unspecified atom stereocenters. The summed E-state index contributed by atoms with van der Waals surface area (Å²) in [6.07, 6.45) is 1.07. The van der Waals surface area contributed by atoms with Gasteiger partial charge in [-0.15, -0.1) is 0 Å². The minimum atomic E-state index is -0.277. The highest BCUT2D eigenvalue weighted by molar-refractivity contribution is 5.87. The third-order valence-electron chi connectivity index (χ3n) is 2.90. The maximum absolute atomic E-state index is 11.3. The second-order valence-corrected chi connectivity index (χ2v) is 4.16. The highest BCUT2D eigenvalue weighted by Crippen LogP contribution is 2.23. The van der Waals surface area contributed by atoms with Gasteiger partial charge in [0.05, 0.1) is 13.5 Å². The van der Waals surface area contributed by atoms with Gasteiger partial charge < -0.3 is 4.74 Å². The lowest BCUT2D eigenvalue weighted by Gasteiger charge is -2.07. The highest BCUT2D eigenvalue weighted by Gasteiger charge is 2.07. The van der Waals surface area contributed by atoms with Gasteiger partial charge in [-0.25, -0.2) is 0 Å². The molecule has 0 spiro atoms. The molecule has 2 aromatic carbocycles. The summed E-state index contributed by atoms with van der Waals surface area (Å²) < 4.78 is 4.65. The Morgan fingerprint density at radius 3 is 2.68 bits per heavy atom. The van der Waals surface area contributed by atoms with E-state index in [1.807, 2.05) is 42.5 Å². The van der Waals surface area contributed by atoms with Gasteiger partial charge in [0.1, 0.15) is 0 Å². The fourth-order valence-electron chi connectivity index (χ4n) is 1.95. The maximum Gasteiger partial charge on any atom is 0.309 e. The summed E-state index contributed by atoms with van der Waals surface area (Å²) in [5, 5.41) is 0. The Balaban J connectivity index is 2.37. The first kappa shape index (κ1) is 13.0. The quantitative estimate of drug-likeness (QED) is 0.622. The van der Waals surface area contributed by atoms with Crippen molar-refractivity contribution in [1.29, 1.82) is 0 Å². The van der Waals surface area contributed by atoms with E-state index in [0.717, 1.165) is 23.0 Å². The summed E-state index contributed by atoms with van der Waals surface area (Å²) in [6.45, 7) is 0. The number of carbonyl (C=O) groups excluding carboxylic acids is 2. The number of ether oxygens (including phenoxy) is 1. The highest BCUT2D eigenvalue weighted by atomic mass is 16.5. The molecule has 0 saturated heterocycles. The van der Waals surface area contributed by atoms with Crippen molar-refractivity contribution in [2.24, 2.45) is 0 Å². The first-order chi connectivity index (χ1) is 9.24. The summed E-state index contributed by atoms with van der Waals surface area (Å²) >= 11 is 0. The van der Waals surface area contributed by atoms with E-state index in [0.29, 0.717) is 5.56 Å². The molecule has 0 aromatic heterocycles. The zero-order valence-corrected chi connectivity index (χ0v) is 10.6. The number of methoxy groups -OCH3 is 1. The predicted octanol–water partition coefficient (Wildman–Crippen LogP) is 2.88. The predicted molar refractivity (Wildman–Crippen MR) is 73.0 cm³/mol. The van der Waals surface area contributed by atoms with Gasteiger partial charge in [-0.2, -0.15) is 0 Å². The first-order valence-corrected chi connectivity index (χ1v) is 5.95. The lowest BCUT2D eigenvalue weighted by Crippen LogP contribution is -2.04. The third-order valence-corrected chi connectivity index (χ3v) is 2.90. The van der Waals surface area contributed by atoms with Crippen LogP contribution in [0.5, 0.6) is 0 Å². The normalized spacial score (nSPS) is 9.95. The Kier molecular flexibility index (Phi) is 4.08. The van der Waals surface area contributed by atoms with Crippen molar-refractivity contribution >= 4 is 12.3 Å². The van der Waals surface area contributed by atoms with Crippen LogP contribution in [0.15, 0.2) is 48.5 Å². The zero-order valence-electron chi connectivity index (χ0n) is 10.6. The van der Waals surface area contributed by atoms with Crippen LogP contribution in [0.25, 0.3) is 11.1 Å². The summed E-state index contributed by atoms with van der Waals surface area (Å²) in [5.41, 5.74) is 3.29. The van der Waals surface area contributed by atoms with E-state index >= 15 is 0 Å². The van der Waals surface area contributed by atoms with Crippen LogP contribution in [0.3, 0.4) is 0 Å². The molecular weight excluding hydrogens is 240 g/mol. The molecule has 0 saturated carbocycles. The van der Waals surface area contributed by atoms with Crippen LogP contribution in [0.1, 0.15) is 15.9 Å². The number of esters is 1. The average Bonchev–Trinajstić information content (AvgIpc) is 2.47. The molecule has 0 N–H and O–H groups in total. The van der Waals surface area contributed by atoms with Gasteiger partial charge in [0.15, 0.2) is 6.29 Å². The van der Waals surface area contributed by atoms with Crippen LogP contribution in [0.4, 0.5) is 0 Å². The minimum absolute atomic E-state index is 0.230. The largest absolute Gasteiger partial charge is 0.469 e. The van der Waals surface area contributed by atoms with E-state index in [9.17, 15) is 9.59 Å². The second-order valence-electron chi connectivity index (χ2n) is 4.16. The van der Waals surface area contributed by atoms with Gasteiger partial charge in [0.2, 0.25) is 0 Å². The molecule has 0 fully saturated rings. The molecule has 0 heterocycles. The Bertz CT molecular complexity index is 602. The van der Waals surface area contributed by atoms with Crippen molar-refractivity contribution in [3.63, 3.8) is 0 Å². The van der Waals surface area contributed by atoms with E-state index in [4.69, 9.17) is 0 Å². The Hall–Kier alpha value is -2.42. The van der Waals surface area contributed by atoms with Gasteiger partial charge in [-0.1, -0.05) is 48.5 Å². The van der Waals surface area contributed by atoms with Crippen LogP contribution in [0.2, 0.25) is 0 Å². The topological polar surface area (TPSA) is 43.4 Å². The van der Waals surface area contributed by atoms with Gasteiger partial charge >= 0.3 is 5.97 Å². The maximum atomic E-state index is 11.3. The first-order valence-electron chi connectivity index (χ1n) is 5.95. The molecule has 0 aliphatic rings. The number of rotatable bonds is 4. The molecule has 19 heavy (non-hydrogen) atoms. The number of hydrogen-bond donors (Lipinski definition) is 0. The monoisotopic (exact) mass is 254 g/mol. The molecule has 3 heteroatoms. The van der Waals surface area contributed by atoms with Crippen molar-refractivity contribution in [1.82, 2.24) is 0 Å². The summed E-state index contributed by atoms with van der Waals surface area (Å²) in [7, 11) is 1.37. The van der Waals surface area contributed by atoms with E-state index in [2.05, 4.69) is 4.74 Å². The Morgan fingerprint density at radius 2 is 1.95 bits per heavy atom. The van der Waals surface area contributed by atoms with Crippen LogP contribution >= 0.6 is 0 Å². The molecular formula is C16H14O3. The summed E-state index contributed by atoms with van der Waals surface area (Å²) in [6, 6.07) is 14.9. The van der Waals surface area contributed by atoms with Crippen molar-refractivity contribution in [2.75, 3.05) is 7.11 Å². The number of aldehydes is 1. The number of hydrogen-bond acceptors (Lipinski definition) is 3. The van der Waals surface area contributed by atoms with Crippen LogP contribution in [-0.2, 0) is 16.0 Å². The van der Waals surface area contributed by atoms with E-state index in [1.54, 1.807) is 6.07 Å². The molecule has 96 valence electrons. The minimum Gasteiger partial charge on any atom is -0.469 e. The van der Waals surface area contributed by atoms with Crippen molar-refractivity contribution in [3.05, 3.63) is 59.7 Å². The lowest BCUT2D eigenvalue weighted by molar-refractivity contribution is -0.139. The molecule has 0 atom stereocenters. The van der Waals surface area contributed by atoms with Crippen LogP contribution < -0.4 is 0 Å². The average molecular weight is 254 g/mol. The zero-order chi connectivity index (χ0) is 13.7. The lowest BCUT2D eigenvalue weighted by atomic mass is 9.98. The third kappa shape index (κ3) is 3.07. The fraction of sp³-hybridized carbons (Fsp3) is 0.125. The van der Waals surface area contributed by atoms with Crippen LogP contribution in [-0.4, -0.2) is 19.4 Å². The molecule has 2 rings (SSSR count). The molecule has 0 amide bonds. The molecule has 0 radical (unpaired) electrons. The molecule has 3 nitrogen and oxygen atoms in total. The van der Waals surface area contributed by atoms with E-state index in [-0.39, 0.29) is 12.4 Å². The summed E-state index contributed by atoms with van der Waals surface area (Å²) in [5.74, 6) is -0.277. The van der Waals surface area contributed by atoms with E-state index < -0.39 is 0 Å². The van der Waals surface area contributed by atoms with Gasteiger partial charge in [0.25, 0.3) is 0 Å². The van der Waals surface area contributed by atoms with E-state index in [1.165, 1.54) is 7.11 Å². The SMILES string of the molecule is COC(=O)Cc1cccc(-c2ccccc2C=O)c1. The van der Waals surface area contributed by atoms with Crippen molar-refractivity contribution in [2.45, 2.75) is 6.42 Å². The van der Waals surface area contributed by atoms with Crippen LogP contribution in [0, 0.1) is 0 Å². The van der Waals surface area contributed by atoms with Gasteiger partial charge in [-0.3, -0.25) is 9.59 Å². The second kappa shape index (κ2) is 5.96. The Labute approximate surface area is 111 Å². The summed E-state index contributed by atoms with van der Waals surface area (Å²) in [4.78, 5) is 22.3. The molecule has 0 aliphatic heterocycles. The fourth-order valence-corrected chi connectivity index (χ4v) is 1.95. The number of carbonyl (C=O) groups is 2. The molecule has 2 aromatic rings. The molecule has 0 bridgehead atoms. The van der Waals surface area contributed by atoms with Gasteiger partial charge in [-0.05, 0) is 16.7 Å². The van der Waals surface area contributed by atoms with Crippen molar-refractivity contribution in [3.8, 4) is 11.1 Å². The standard InChI is InChI=1S/C16H14O3/c1-19-16(18)10-12-5-4-7-13(9-12)15-8-3-2-6-14(15)11-17/h2-9,11H,10H2,1H3.